The predicted octanol–water partition coefficient (Wildman–Crippen LogP) is 1.91. The van der Waals surface area contributed by atoms with Gasteiger partial charge in [0.25, 0.3) is 0 Å². The minimum Gasteiger partial charge on any atom is -0.382 e. The summed E-state index contributed by atoms with van der Waals surface area (Å²) in [5.74, 6) is 0. The van der Waals surface area contributed by atoms with Crippen LogP contribution < -0.4 is 0 Å². The van der Waals surface area contributed by atoms with Crippen molar-refractivity contribution >= 4 is 11.6 Å². The number of aromatic nitrogens is 1. The molecule has 0 aliphatic heterocycles. The van der Waals surface area contributed by atoms with Crippen LogP contribution in [0, 0.1) is 0 Å². The maximum absolute atomic E-state index is 5.74. The molecule has 1 heterocycles. The standard InChI is InChI=1S/C11H16ClNO3/c1-14-4-5-15-6-7-16-9-10-2-3-13-11(12)8-10/h2-3,8H,4-7,9H2,1H3. The molecule has 0 aliphatic rings. The second kappa shape index (κ2) is 8.47. The second-order valence-corrected chi connectivity index (χ2v) is 3.53. The van der Waals surface area contributed by atoms with Gasteiger partial charge in [0, 0.05) is 13.3 Å². The molecule has 4 nitrogen and oxygen atoms in total. The van der Waals surface area contributed by atoms with Crippen LogP contribution in [0.2, 0.25) is 5.15 Å². The summed E-state index contributed by atoms with van der Waals surface area (Å²) in [6.45, 7) is 2.86. The van der Waals surface area contributed by atoms with Gasteiger partial charge in [-0.25, -0.2) is 4.98 Å². The Morgan fingerprint density at radius 2 is 1.94 bits per heavy atom. The number of halogens is 1. The van der Waals surface area contributed by atoms with Gasteiger partial charge in [-0.15, -0.1) is 0 Å². The highest BCUT2D eigenvalue weighted by Crippen LogP contribution is 2.07. The maximum Gasteiger partial charge on any atom is 0.129 e. The van der Waals surface area contributed by atoms with Crippen LogP contribution in [0.25, 0.3) is 0 Å². The van der Waals surface area contributed by atoms with E-state index in [1.165, 1.54) is 0 Å². The van der Waals surface area contributed by atoms with Gasteiger partial charge in [-0.05, 0) is 17.7 Å². The molecule has 5 heteroatoms. The summed E-state index contributed by atoms with van der Waals surface area (Å²) in [7, 11) is 1.65. The van der Waals surface area contributed by atoms with E-state index >= 15 is 0 Å². The van der Waals surface area contributed by atoms with Gasteiger partial charge in [0.05, 0.1) is 33.0 Å². The molecule has 0 fully saturated rings. The molecule has 0 aromatic carbocycles. The van der Waals surface area contributed by atoms with Gasteiger partial charge in [0.2, 0.25) is 0 Å². The van der Waals surface area contributed by atoms with Crippen LogP contribution >= 0.6 is 11.6 Å². The number of nitrogens with zero attached hydrogens (tertiary/aromatic N) is 1. The van der Waals surface area contributed by atoms with E-state index in [9.17, 15) is 0 Å². The molecule has 16 heavy (non-hydrogen) atoms. The van der Waals surface area contributed by atoms with E-state index in [-0.39, 0.29) is 0 Å². The summed E-state index contributed by atoms with van der Waals surface area (Å²) in [6.07, 6.45) is 1.66. The Hall–Kier alpha value is -0.680. The van der Waals surface area contributed by atoms with Gasteiger partial charge in [0.15, 0.2) is 0 Å². The largest absolute Gasteiger partial charge is 0.382 e. The zero-order chi connectivity index (χ0) is 11.6. The van der Waals surface area contributed by atoms with E-state index < -0.39 is 0 Å². The average Bonchev–Trinajstić information content (AvgIpc) is 2.28. The summed E-state index contributed by atoms with van der Waals surface area (Å²) in [6, 6.07) is 3.66. The monoisotopic (exact) mass is 245 g/mol. The molecular weight excluding hydrogens is 230 g/mol. The van der Waals surface area contributed by atoms with E-state index in [1.807, 2.05) is 6.07 Å². The third kappa shape index (κ3) is 6.02. The smallest absolute Gasteiger partial charge is 0.129 e. The van der Waals surface area contributed by atoms with Gasteiger partial charge in [-0.1, -0.05) is 11.6 Å². The number of rotatable bonds is 8. The topological polar surface area (TPSA) is 40.6 Å². The van der Waals surface area contributed by atoms with Crippen molar-refractivity contribution in [2.75, 3.05) is 33.5 Å². The van der Waals surface area contributed by atoms with Crippen molar-refractivity contribution in [2.24, 2.45) is 0 Å². The van der Waals surface area contributed by atoms with Gasteiger partial charge >= 0.3 is 0 Å². The fourth-order valence-corrected chi connectivity index (χ4v) is 1.28. The molecular formula is C11H16ClNO3. The lowest BCUT2D eigenvalue weighted by molar-refractivity contribution is 0.0199. The Labute approximate surface area is 100 Å². The molecule has 0 saturated heterocycles. The molecule has 0 saturated carbocycles. The fourth-order valence-electron chi connectivity index (χ4n) is 1.08. The first kappa shape index (κ1) is 13.4. The van der Waals surface area contributed by atoms with Gasteiger partial charge < -0.3 is 14.2 Å². The SMILES string of the molecule is COCCOCCOCc1ccnc(Cl)c1. The van der Waals surface area contributed by atoms with E-state index in [0.29, 0.717) is 38.2 Å². The normalized spacial score (nSPS) is 10.6. The van der Waals surface area contributed by atoms with E-state index in [1.54, 1.807) is 19.4 Å². The lowest BCUT2D eigenvalue weighted by Crippen LogP contribution is -2.08. The quantitative estimate of drug-likeness (QED) is 0.518. The average molecular weight is 246 g/mol. The summed E-state index contributed by atoms with van der Waals surface area (Å²) in [5.41, 5.74) is 1.01. The molecule has 0 bridgehead atoms. The lowest BCUT2D eigenvalue weighted by Gasteiger charge is -2.05. The van der Waals surface area contributed by atoms with Crippen LogP contribution in [0.5, 0.6) is 0 Å². The third-order valence-electron chi connectivity index (χ3n) is 1.86. The van der Waals surface area contributed by atoms with Crippen molar-refractivity contribution < 1.29 is 14.2 Å². The third-order valence-corrected chi connectivity index (χ3v) is 2.07. The first-order chi connectivity index (χ1) is 7.83. The van der Waals surface area contributed by atoms with Crippen LogP contribution in [0.15, 0.2) is 18.3 Å². The Morgan fingerprint density at radius 3 is 2.69 bits per heavy atom. The Bertz CT molecular complexity index is 296. The van der Waals surface area contributed by atoms with E-state index in [2.05, 4.69) is 4.98 Å². The Balaban J connectivity index is 2.03. The van der Waals surface area contributed by atoms with Crippen molar-refractivity contribution in [3.8, 4) is 0 Å². The number of pyridine rings is 1. The van der Waals surface area contributed by atoms with E-state index in [4.69, 9.17) is 25.8 Å². The van der Waals surface area contributed by atoms with Crippen molar-refractivity contribution in [1.82, 2.24) is 4.98 Å². The number of hydrogen-bond acceptors (Lipinski definition) is 4. The predicted molar refractivity (Wildman–Crippen MR) is 61.6 cm³/mol. The Kier molecular flexibility index (Phi) is 7.09. The highest BCUT2D eigenvalue weighted by Gasteiger charge is 1.95. The minimum atomic E-state index is 0.484. The highest BCUT2D eigenvalue weighted by atomic mass is 35.5. The molecule has 0 aliphatic carbocycles. The molecule has 0 atom stereocenters. The fraction of sp³-hybridized carbons (Fsp3) is 0.545. The molecule has 1 aromatic rings. The molecule has 0 spiro atoms. The molecule has 0 unspecified atom stereocenters. The summed E-state index contributed by atoms with van der Waals surface area (Å²) in [4.78, 5) is 3.89. The summed E-state index contributed by atoms with van der Waals surface area (Å²) in [5, 5.41) is 0.484. The van der Waals surface area contributed by atoms with Crippen LogP contribution in [-0.2, 0) is 20.8 Å². The second-order valence-electron chi connectivity index (χ2n) is 3.14. The number of methoxy groups -OCH3 is 1. The van der Waals surface area contributed by atoms with Crippen molar-refractivity contribution in [1.29, 1.82) is 0 Å². The first-order valence-corrected chi connectivity index (χ1v) is 5.45. The molecule has 0 N–H and O–H groups in total. The first-order valence-electron chi connectivity index (χ1n) is 5.08. The maximum atomic E-state index is 5.74. The number of ether oxygens (including phenoxy) is 3. The van der Waals surface area contributed by atoms with Crippen LogP contribution in [0.4, 0.5) is 0 Å². The van der Waals surface area contributed by atoms with Gasteiger partial charge in [-0.3, -0.25) is 0 Å². The van der Waals surface area contributed by atoms with Gasteiger partial charge in [0.1, 0.15) is 5.15 Å². The molecule has 1 rings (SSSR count). The number of hydrogen-bond donors (Lipinski definition) is 0. The van der Waals surface area contributed by atoms with Crippen molar-refractivity contribution in [2.45, 2.75) is 6.61 Å². The van der Waals surface area contributed by atoms with E-state index in [0.717, 1.165) is 5.56 Å². The summed E-state index contributed by atoms with van der Waals surface area (Å²) >= 11 is 5.74. The van der Waals surface area contributed by atoms with Crippen molar-refractivity contribution in [3.05, 3.63) is 29.0 Å². The zero-order valence-electron chi connectivity index (χ0n) is 9.32. The highest BCUT2D eigenvalue weighted by molar-refractivity contribution is 6.29. The van der Waals surface area contributed by atoms with Gasteiger partial charge in [-0.2, -0.15) is 0 Å². The molecule has 1 aromatic heterocycles. The van der Waals surface area contributed by atoms with Crippen LogP contribution in [-0.4, -0.2) is 38.5 Å². The molecule has 0 radical (unpaired) electrons. The minimum absolute atomic E-state index is 0.484. The Morgan fingerprint density at radius 1 is 1.19 bits per heavy atom. The zero-order valence-corrected chi connectivity index (χ0v) is 10.1. The van der Waals surface area contributed by atoms with Crippen LogP contribution in [0.1, 0.15) is 5.56 Å². The molecule has 0 amide bonds. The van der Waals surface area contributed by atoms with Crippen molar-refractivity contribution in [3.63, 3.8) is 0 Å². The lowest BCUT2D eigenvalue weighted by atomic mass is 10.3. The van der Waals surface area contributed by atoms with Crippen LogP contribution in [0.3, 0.4) is 0 Å². The summed E-state index contributed by atoms with van der Waals surface area (Å²) < 4.78 is 15.5. The molecule has 90 valence electrons.